The predicted octanol–water partition coefficient (Wildman–Crippen LogP) is 9.30. The number of aromatic nitrogens is 7. The summed E-state index contributed by atoms with van der Waals surface area (Å²) in [5.74, 6) is 0.274. The predicted molar refractivity (Wildman–Crippen MR) is 250 cm³/mol. The Morgan fingerprint density at radius 1 is 0.844 bits per heavy atom. The van der Waals surface area contributed by atoms with Crippen LogP contribution >= 0.6 is 34.5 Å². The molecule has 0 saturated carbocycles. The second kappa shape index (κ2) is 21.8. The lowest BCUT2D eigenvalue weighted by atomic mass is 10.1. The van der Waals surface area contributed by atoms with E-state index in [0.29, 0.717) is 91.8 Å². The molecule has 7 aromatic rings. The van der Waals surface area contributed by atoms with Gasteiger partial charge >= 0.3 is 0 Å². The van der Waals surface area contributed by atoms with Crippen LogP contribution < -0.4 is 31.9 Å². The van der Waals surface area contributed by atoms with Crippen molar-refractivity contribution in [1.82, 2.24) is 45.5 Å². The van der Waals surface area contributed by atoms with E-state index in [1.807, 2.05) is 60.5 Å². The Kier molecular flexibility index (Phi) is 15.6. The second-order valence-electron chi connectivity index (χ2n) is 15.0. The molecule has 0 saturated heterocycles. The largest absolute Gasteiger partial charge is 0.492 e. The van der Waals surface area contributed by atoms with Gasteiger partial charge in [-0.25, -0.2) is 20.4 Å². The van der Waals surface area contributed by atoms with Gasteiger partial charge < -0.3 is 31.4 Å². The number of rotatable bonds is 22. The number of hydrogen-bond donors (Lipinski definition) is 7. The Labute approximate surface area is 382 Å². The Hall–Kier alpha value is -6.34. The Balaban J connectivity index is 0.879. The minimum atomic E-state index is -0.399. The van der Waals surface area contributed by atoms with Crippen molar-refractivity contribution < 1.29 is 24.3 Å². The summed E-state index contributed by atoms with van der Waals surface area (Å²) in [6.45, 7) is 3.54. The fraction of sp³-hybridized carbons (Fsp3) is 0.318. The molecule has 20 heteroatoms. The lowest BCUT2D eigenvalue weighted by Gasteiger charge is -2.12. The number of halogens is 2. The number of hydrogen-bond acceptors (Lipinski definition) is 13. The summed E-state index contributed by atoms with van der Waals surface area (Å²) in [6, 6.07) is 14.4. The standard InChI is InChI=1S/C44H48Cl2N12O5S/c1-2-48-41(61)35-22-31-39(53-43(47)56-42(31)64-35)30-21-34(33(46)23-32(30)45)63-20-10-6-5-9-19-58-25-26(24-50-58)38-29-17-18-49-40(29)55-44(54-38)52-28-15-13-27(14-16-28)51-36(59)11-7-3-4-8-12-37(60)57-62/h13-18,21-25,62H,2-12,19-20H2,1H3,(H,48,61)(H,51,59)(H,57,60)(H2,47,53,56)(H2,49,52,54,55). The van der Waals surface area contributed by atoms with Crippen molar-refractivity contribution in [2.24, 2.45) is 0 Å². The number of carbonyl (C=O) groups is 3. The number of amides is 3. The molecular formula is C44H48Cl2N12O5S. The Bertz CT molecular complexity index is 2740. The van der Waals surface area contributed by atoms with Gasteiger partial charge in [-0.3, -0.25) is 24.3 Å². The van der Waals surface area contributed by atoms with Crippen LogP contribution in [0.4, 0.5) is 23.3 Å². The molecule has 0 fully saturated rings. The van der Waals surface area contributed by atoms with Crippen LogP contribution in [-0.2, 0) is 16.1 Å². The average molecular weight is 928 g/mol. The number of H-pyrrole nitrogens is 1. The van der Waals surface area contributed by atoms with Gasteiger partial charge in [0, 0.05) is 71.6 Å². The van der Waals surface area contributed by atoms with Crippen molar-refractivity contribution in [3.05, 3.63) is 82.0 Å². The van der Waals surface area contributed by atoms with Gasteiger partial charge in [0.05, 0.1) is 39.1 Å². The SMILES string of the molecule is CCNC(=O)c1cc2c(-c3cc(OCCCCCCn4cc(-c5nc(Nc6ccc(NC(=O)CCCCCCC(=O)NO)cc6)nc6[nH]ccc56)cn4)c(Cl)cc3Cl)nc(N)nc2s1. The molecule has 0 spiro atoms. The number of nitrogens with one attached hydrogen (secondary N) is 5. The smallest absolute Gasteiger partial charge is 0.261 e. The molecule has 0 aliphatic rings. The zero-order valence-electron chi connectivity index (χ0n) is 35.0. The van der Waals surface area contributed by atoms with E-state index in [9.17, 15) is 14.4 Å². The third kappa shape index (κ3) is 11.8. The van der Waals surface area contributed by atoms with E-state index in [0.717, 1.165) is 67.4 Å². The van der Waals surface area contributed by atoms with E-state index in [1.165, 1.54) is 11.3 Å². The maximum Gasteiger partial charge on any atom is 0.261 e. The van der Waals surface area contributed by atoms with Crippen molar-refractivity contribution in [2.45, 2.75) is 77.7 Å². The van der Waals surface area contributed by atoms with E-state index < -0.39 is 5.91 Å². The summed E-state index contributed by atoms with van der Waals surface area (Å²) in [7, 11) is 0. The van der Waals surface area contributed by atoms with Crippen LogP contribution in [0.25, 0.3) is 43.8 Å². The molecule has 3 amide bonds. The van der Waals surface area contributed by atoms with Crippen molar-refractivity contribution in [3.63, 3.8) is 0 Å². The van der Waals surface area contributed by atoms with Gasteiger partial charge in [0.15, 0.2) is 0 Å². The minimum absolute atomic E-state index is 0.0665. The molecule has 0 atom stereocenters. The molecule has 0 bridgehead atoms. The molecular weight excluding hydrogens is 880 g/mol. The molecule has 0 aliphatic heterocycles. The highest BCUT2D eigenvalue weighted by Gasteiger charge is 2.20. The molecule has 5 aromatic heterocycles. The maximum atomic E-state index is 12.5. The first-order valence-electron chi connectivity index (χ1n) is 21.0. The van der Waals surface area contributed by atoms with Crippen LogP contribution in [0, 0.1) is 0 Å². The summed E-state index contributed by atoms with van der Waals surface area (Å²) in [6.07, 6.45) is 12.9. The fourth-order valence-electron chi connectivity index (χ4n) is 7.03. The highest BCUT2D eigenvalue weighted by molar-refractivity contribution is 7.20. The van der Waals surface area contributed by atoms with Crippen molar-refractivity contribution in [2.75, 3.05) is 29.5 Å². The maximum absolute atomic E-state index is 12.5. The molecule has 0 unspecified atom stereocenters. The third-order valence-electron chi connectivity index (χ3n) is 10.2. The molecule has 17 nitrogen and oxygen atoms in total. The molecule has 0 radical (unpaired) electrons. The lowest BCUT2D eigenvalue weighted by Crippen LogP contribution is -2.21. The van der Waals surface area contributed by atoms with E-state index >= 15 is 0 Å². The highest BCUT2D eigenvalue weighted by Crippen LogP contribution is 2.40. The summed E-state index contributed by atoms with van der Waals surface area (Å²) >= 11 is 14.4. The van der Waals surface area contributed by atoms with E-state index in [2.05, 4.69) is 41.0 Å². The van der Waals surface area contributed by atoms with E-state index in [4.69, 9.17) is 43.9 Å². The number of aryl methyl sites for hydroxylation is 1. The van der Waals surface area contributed by atoms with Crippen molar-refractivity contribution >= 4 is 96.8 Å². The summed E-state index contributed by atoms with van der Waals surface area (Å²) < 4.78 is 8.04. The molecule has 5 heterocycles. The van der Waals surface area contributed by atoms with Gasteiger partial charge in [0.2, 0.25) is 23.7 Å². The normalized spacial score (nSPS) is 11.2. The Morgan fingerprint density at radius 2 is 1.59 bits per heavy atom. The summed E-state index contributed by atoms with van der Waals surface area (Å²) in [4.78, 5) is 58.7. The molecule has 334 valence electrons. The van der Waals surface area contributed by atoms with Gasteiger partial charge in [0.1, 0.15) is 16.2 Å². The van der Waals surface area contributed by atoms with Crippen LogP contribution in [-0.4, -0.2) is 70.8 Å². The van der Waals surface area contributed by atoms with E-state index in [-0.39, 0.29) is 24.2 Å². The van der Waals surface area contributed by atoms with Gasteiger partial charge in [-0.05, 0) is 87.6 Å². The van der Waals surface area contributed by atoms with Crippen molar-refractivity contribution in [3.8, 4) is 28.3 Å². The van der Waals surface area contributed by atoms with Gasteiger partial charge in [-0.15, -0.1) is 11.3 Å². The van der Waals surface area contributed by atoms with Crippen LogP contribution in [0.2, 0.25) is 10.0 Å². The number of fused-ring (bicyclic) bond motifs is 2. The number of hydroxylamine groups is 1. The fourth-order valence-corrected chi connectivity index (χ4v) is 8.51. The number of thiophene rings is 1. The highest BCUT2D eigenvalue weighted by atomic mass is 35.5. The number of nitrogens with zero attached hydrogens (tertiary/aromatic N) is 6. The number of nitrogens with two attached hydrogens (primary N) is 1. The number of benzene rings is 2. The van der Waals surface area contributed by atoms with Crippen LogP contribution in [0.15, 0.2) is 67.1 Å². The number of ether oxygens (including phenoxy) is 1. The third-order valence-corrected chi connectivity index (χ3v) is 11.9. The minimum Gasteiger partial charge on any atom is -0.492 e. The number of aromatic amines is 1. The van der Waals surface area contributed by atoms with Gasteiger partial charge in [-0.1, -0.05) is 42.5 Å². The molecule has 0 aliphatic carbocycles. The average Bonchev–Trinajstić information content (AvgIpc) is 4.06. The lowest BCUT2D eigenvalue weighted by molar-refractivity contribution is -0.129. The molecule has 7 rings (SSSR count). The first-order valence-corrected chi connectivity index (χ1v) is 22.6. The molecule has 64 heavy (non-hydrogen) atoms. The molecule has 2 aromatic carbocycles. The summed E-state index contributed by atoms with van der Waals surface area (Å²) in [5.41, 5.74) is 12.5. The second-order valence-corrected chi connectivity index (χ2v) is 16.8. The zero-order valence-corrected chi connectivity index (χ0v) is 37.4. The Morgan fingerprint density at radius 3 is 2.38 bits per heavy atom. The first-order chi connectivity index (χ1) is 31.1. The van der Waals surface area contributed by atoms with Crippen LogP contribution in [0.3, 0.4) is 0 Å². The van der Waals surface area contributed by atoms with Crippen LogP contribution in [0.1, 0.15) is 80.8 Å². The van der Waals surface area contributed by atoms with Crippen LogP contribution in [0.5, 0.6) is 5.75 Å². The number of anilines is 4. The summed E-state index contributed by atoms with van der Waals surface area (Å²) in [5, 5.41) is 24.5. The number of nitrogen functional groups attached to an aromatic ring is 1. The monoisotopic (exact) mass is 926 g/mol. The topological polar surface area (TPSA) is 240 Å². The zero-order chi connectivity index (χ0) is 45.0. The van der Waals surface area contributed by atoms with E-state index in [1.54, 1.807) is 23.7 Å². The first kappa shape index (κ1) is 45.7. The van der Waals surface area contributed by atoms with Crippen molar-refractivity contribution in [1.29, 1.82) is 0 Å². The number of unbranched alkanes of at least 4 members (excludes halogenated alkanes) is 6. The van der Waals surface area contributed by atoms with Gasteiger partial charge in [-0.2, -0.15) is 10.1 Å². The number of carbonyl (C=O) groups excluding carboxylic acids is 3. The quantitative estimate of drug-likeness (QED) is 0.0191. The molecule has 8 N–H and O–H groups in total. The van der Waals surface area contributed by atoms with Gasteiger partial charge in [0.25, 0.3) is 5.91 Å².